The molecule has 1 fully saturated rings. The first-order valence-corrected chi connectivity index (χ1v) is 6.96. The Bertz CT molecular complexity index is 420. The van der Waals surface area contributed by atoms with Crippen LogP contribution in [0.25, 0.3) is 0 Å². The molecular formula is C14H21ClN2O2. The lowest BCUT2D eigenvalue weighted by Crippen LogP contribution is -2.44. The minimum Gasteiger partial charge on any atom is -0.496 e. The lowest BCUT2D eigenvalue weighted by molar-refractivity contribution is 0.243. The SMILES string of the molecule is COc1cc(OC)c(CCN2CCNCC2)cc1Cl. The van der Waals surface area contributed by atoms with Crippen molar-refractivity contribution in [2.75, 3.05) is 46.9 Å². The highest BCUT2D eigenvalue weighted by molar-refractivity contribution is 6.32. The van der Waals surface area contributed by atoms with Gasteiger partial charge < -0.3 is 19.7 Å². The van der Waals surface area contributed by atoms with Gasteiger partial charge in [0.1, 0.15) is 11.5 Å². The summed E-state index contributed by atoms with van der Waals surface area (Å²) < 4.78 is 10.6. The maximum Gasteiger partial charge on any atom is 0.141 e. The Hall–Kier alpha value is -0.970. The van der Waals surface area contributed by atoms with Crippen LogP contribution in [0.1, 0.15) is 5.56 Å². The number of piperazine rings is 1. The predicted octanol–water partition coefficient (Wildman–Crippen LogP) is 1.80. The van der Waals surface area contributed by atoms with Crippen LogP contribution in [-0.4, -0.2) is 51.8 Å². The first-order chi connectivity index (χ1) is 9.24. The third-order valence-corrected chi connectivity index (χ3v) is 3.76. The second kappa shape index (κ2) is 6.98. The van der Waals surface area contributed by atoms with Gasteiger partial charge in [-0.1, -0.05) is 11.6 Å². The summed E-state index contributed by atoms with van der Waals surface area (Å²) in [5, 5.41) is 3.99. The molecule has 0 amide bonds. The van der Waals surface area contributed by atoms with Crippen LogP contribution < -0.4 is 14.8 Å². The smallest absolute Gasteiger partial charge is 0.141 e. The number of methoxy groups -OCH3 is 2. The summed E-state index contributed by atoms with van der Waals surface area (Å²) in [6.45, 7) is 5.38. The Morgan fingerprint density at radius 2 is 1.84 bits per heavy atom. The van der Waals surface area contributed by atoms with Crippen molar-refractivity contribution >= 4 is 11.6 Å². The third kappa shape index (κ3) is 3.75. The van der Waals surface area contributed by atoms with E-state index in [1.807, 2.05) is 12.1 Å². The van der Waals surface area contributed by atoms with Gasteiger partial charge in [0.05, 0.1) is 19.2 Å². The molecule has 0 aliphatic carbocycles. The number of nitrogens with one attached hydrogen (secondary N) is 1. The maximum atomic E-state index is 6.18. The van der Waals surface area contributed by atoms with Gasteiger partial charge in [0.25, 0.3) is 0 Å². The van der Waals surface area contributed by atoms with E-state index in [-0.39, 0.29) is 0 Å². The van der Waals surface area contributed by atoms with Gasteiger partial charge in [-0.25, -0.2) is 0 Å². The third-order valence-electron chi connectivity index (χ3n) is 3.46. The second-order valence-corrected chi connectivity index (χ2v) is 5.05. The van der Waals surface area contributed by atoms with Crippen molar-refractivity contribution in [3.8, 4) is 11.5 Å². The molecule has 1 aliphatic heterocycles. The van der Waals surface area contributed by atoms with E-state index in [0.717, 1.165) is 50.5 Å². The monoisotopic (exact) mass is 284 g/mol. The van der Waals surface area contributed by atoms with Gasteiger partial charge in [0.15, 0.2) is 0 Å². The van der Waals surface area contributed by atoms with Gasteiger partial charge >= 0.3 is 0 Å². The fourth-order valence-electron chi connectivity index (χ4n) is 2.33. The molecule has 0 radical (unpaired) electrons. The van der Waals surface area contributed by atoms with Gasteiger partial charge in [0.2, 0.25) is 0 Å². The van der Waals surface area contributed by atoms with E-state index in [2.05, 4.69) is 10.2 Å². The van der Waals surface area contributed by atoms with E-state index >= 15 is 0 Å². The van der Waals surface area contributed by atoms with E-state index in [0.29, 0.717) is 10.8 Å². The summed E-state index contributed by atoms with van der Waals surface area (Å²) in [7, 11) is 3.29. The molecule has 1 aromatic rings. The number of rotatable bonds is 5. The highest BCUT2D eigenvalue weighted by atomic mass is 35.5. The van der Waals surface area contributed by atoms with E-state index in [1.165, 1.54) is 0 Å². The summed E-state index contributed by atoms with van der Waals surface area (Å²) in [5.41, 5.74) is 1.13. The highest BCUT2D eigenvalue weighted by Gasteiger charge is 2.13. The van der Waals surface area contributed by atoms with Gasteiger partial charge in [-0.15, -0.1) is 0 Å². The van der Waals surface area contributed by atoms with Gasteiger partial charge in [-0.2, -0.15) is 0 Å². The van der Waals surface area contributed by atoms with Crippen molar-refractivity contribution in [2.24, 2.45) is 0 Å². The maximum absolute atomic E-state index is 6.18. The molecule has 0 bridgehead atoms. The average Bonchev–Trinajstić information content (AvgIpc) is 2.46. The van der Waals surface area contributed by atoms with Gasteiger partial charge in [0, 0.05) is 38.8 Å². The van der Waals surface area contributed by atoms with Gasteiger partial charge in [-0.3, -0.25) is 0 Å². The fourth-order valence-corrected chi connectivity index (χ4v) is 2.59. The topological polar surface area (TPSA) is 33.7 Å². The molecule has 5 heteroatoms. The van der Waals surface area contributed by atoms with Crippen LogP contribution in [0.4, 0.5) is 0 Å². The Kier molecular flexibility index (Phi) is 5.31. The zero-order valence-corrected chi connectivity index (χ0v) is 12.3. The number of hydrogen-bond donors (Lipinski definition) is 1. The van der Waals surface area contributed by atoms with Crippen molar-refractivity contribution in [2.45, 2.75) is 6.42 Å². The Morgan fingerprint density at radius 3 is 2.47 bits per heavy atom. The molecule has 0 aromatic heterocycles. The summed E-state index contributed by atoms with van der Waals surface area (Å²) in [6, 6.07) is 3.80. The Balaban J connectivity index is 2.04. The lowest BCUT2D eigenvalue weighted by Gasteiger charge is -2.27. The lowest BCUT2D eigenvalue weighted by atomic mass is 10.1. The first-order valence-electron chi connectivity index (χ1n) is 6.58. The Morgan fingerprint density at radius 1 is 1.16 bits per heavy atom. The van der Waals surface area contributed by atoms with Crippen LogP contribution in [0.2, 0.25) is 5.02 Å². The zero-order valence-electron chi connectivity index (χ0n) is 11.5. The molecule has 106 valence electrons. The molecule has 0 atom stereocenters. The molecule has 1 saturated heterocycles. The van der Waals surface area contributed by atoms with E-state index in [1.54, 1.807) is 14.2 Å². The number of ether oxygens (including phenoxy) is 2. The standard InChI is InChI=1S/C14H21ClN2O2/c1-18-13-10-14(19-2)12(15)9-11(13)3-6-17-7-4-16-5-8-17/h9-10,16H,3-8H2,1-2H3. The van der Waals surface area contributed by atoms with Crippen molar-refractivity contribution < 1.29 is 9.47 Å². The van der Waals surface area contributed by atoms with Crippen molar-refractivity contribution in [1.82, 2.24) is 10.2 Å². The summed E-state index contributed by atoms with van der Waals surface area (Å²) in [6.07, 6.45) is 0.937. The largest absolute Gasteiger partial charge is 0.496 e. The molecule has 0 spiro atoms. The summed E-state index contributed by atoms with van der Waals surface area (Å²) in [4.78, 5) is 2.45. The number of nitrogens with zero attached hydrogens (tertiary/aromatic N) is 1. The van der Waals surface area contributed by atoms with Crippen molar-refractivity contribution in [1.29, 1.82) is 0 Å². The van der Waals surface area contributed by atoms with Crippen molar-refractivity contribution in [3.05, 3.63) is 22.7 Å². The van der Waals surface area contributed by atoms with E-state index < -0.39 is 0 Å². The quantitative estimate of drug-likeness (QED) is 0.894. The van der Waals surface area contributed by atoms with Crippen LogP contribution in [0.5, 0.6) is 11.5 Å². The molecule has 4 nitrogen and oxygen atoms in total. The molecular weight excluding hydrogens is 264 g/mol. The number of halogens is 1. The second-order valence-electron chi connectivity index (χ2n) is 4.64. The fraction of sp³-hybridized carbons (Fsp3) is 0.571. The molecule has 0 unspecified atom stereocenters. The molecule has 1 heterocycles. The predicted molar refractivity (Wildman–Crippen MR) is 77.6 cm³/mol. The molecule has 19 heavy (non-hydrogen) atoms. The minimum atomic E-state index is 0.638. The molecule has 1 N–H and O–H groups in total. The minimum absolute atomic E-state index is 0.638. The van der Waals surface area contributed by atoms with Crippen LogP contribution in [0, 0.1) is 0 Å². The molecule has 1 aliphatic rings. The highest BCUT2D eigenvalue weighted by Crippen LogP contribution is 2.32. The van der Waals surface area contributed by atoms with Crippen LogP contribution in [-0.2, 0) is 6.42 Å². The normalized spacial score (nSPS) is 16.4. The molecule has 1 aromatic carbocycles. The molecule has 0 saturated carbocycles. The zero-order chi connectivity index (χ0) is 13.7. The van der Waals surface area contributed by atoms with E-state index in [9.17, 15) is 0 Å². The summed E-state index contributed by atoms with van der Waals surface area (Å²) >= 11 is 6.18. The van der Waals surface area contributed by atoms with Crippen LogP contribution in [0.15, 0.2) is 12.1 Å². The Labute approximate surface area is 119 Å². The van der Waals surface area contributed by atoms with Crippen LogP contribution in [0.3, 0.4) is 0 Å². The van der Waals surface area contributed by atoms with Gasteiger partial charge in [-0.05, 0) is 18.1 Å². The average molecular weight is 285 g/mol. The molecule has 2 rings (SSSR count). The van der Waals surface area contributed by atoms with Crippen molar-refractivity contribution in [3.63, 3.8) is 0 Å². The number of benzene rings is 1. The van der Waals surface area contributed by atoms with Crippen LogP contribution >= 0.6 is 11.6 Å². The summed E-state index contributed by atoms with van der Waals surface area (Å²) in [5.74, 6) is 1.50. The van der Waals surface area contributed by atoms with E-state index in [4.69, 9.17) is 21.1 Å². The first kappa shape index (κ1) is 14.4. The number of hydrogen-bond acceptors (Lipinski definition) is 4.